The second-order valence-electron chi connectivity index (χ2n) is 5.71. The van der Waals surface area contributed by atoms with Gasteiger partial charge in [0.1, 0.15) is 5.82 Å². The van der Waals surface area contributed by atoms with Gasteiger partial charge in [0.2, 0.25) is 0 Å². The Balaban J connectivity index is 1.87. The Bertz CT molecular complexity index is 629. The third-order valence-electron chi connectivity index (χ3n) is 4.13. The number of nitrogens with one attached hydrogen (secondary N) is 1. The molecule has 104 valence electrons. The van der Waals surface area contributed by atoms with Gasteiger partial charge in [0.25, 0.3) is 0 Å². The first-order chi connectivity index (χ1) is 9.65. The summed E-state index contributed by atoms with van der Waals surface area (Å²) in [6.45, 7) is 4.80. The van der Waals surface area contributed by atoms with Crippen LogP contribution in [0.3, 0.4) is 0 Å². The average molecular weight is 269 g/mol. The highest BCUT2D eigenvalue weighted by Crippen LogP contribution is 2.27. The zero-order chi connectivity index (χ0) is 14.1. The van der Waals surface area contributed by atoms with Crippen molar-refractivity contribution in [3.05, 3.63) is 58.9 Å². The first-order valence-electron chi connectivity index (χ1n) is 7.23. The molecule has 2 heteroatoms. The van der Waals surface area contributed by atoms with Crippen molar-refractivity contribution in [2.45, 2.75) is 39.3 Å². The summed E-state index contributed by atoms with van der Waals surface area (Å²) in [7, 11) is 0. The molecule has 0 atom stereocenters. The molecular formula is C18H20FN. The van der Waals surface area contributed by atoms with Crippen LogP contribution in [0.15, 0.2) is 36.4 Å². The van der Waals surface area contributed by atoms with Crippen LogP contribution in [0.2, 0.25) is 0 Å². The highest BCUT2D eigenvalue weighted by Gasteiger charge is 2.20. The van der Waals surface area contributed by atoms with Gasteiger partial charge in [-0.25, -0.2) is 4.39 Å². The fraction of sp³-hybridized carbons (Fsp3) is 0.333. The van der Waals surface area contributed by atoms with E-state index in [1.54, 1.807) is 6.07 Å². The summed E-state index contributed by atoms with van der Waals surface area (Å²) in [6, 6.07) is 12.4. The number of hydrogen-bond donors (Lipinski definition) is 1. The molecule has 0 heterocycles. The quantitative estimate of drug-likeness (QED) is 0.869. The van der Waals surface area contributed by atoms with Gasteiger partial charge in [0, 0.05) is 18.2 Å². The van der Waals surface area contributed by atoms with Crippen LogP contribution in [0.4, 0.5) is 4.39 Å². The Morgan fingerprint density at radius 3 is 2.65 bits per heavy atom. The Morgan fingerprint density at radius 1 is 1.15 bits per heavy atom. The fourth-order valence-corrected chi connectivity index (χ4v) is 2.46. The highest BCUT2D eigenvalue weighted by molar-refractivity contribution is 5.68. The maximum absolute atomic E-state index is 14.2. The Kier molecular flexibility index (Phi) is 3.58. The van der Waals surface area contributed by atoms with E-state index in [0.29, 0.717) is 12.6 Å². The average Bonchev–Trinajstić information content (AvgIpc) is 3.25. The van der Waals surface area contributed by atoms with Crippen LogP contribution < -0.4 is 5.32 Å². The molecule has 0 amide bonds. The normalized spacial score (nSPS) is 14.6. The molecule has 1 fully saturated rings. The zero-order valence-corrected chi connectivity index (χ0v) is 12.0. The number of hydrogen-bond acceptors (Lipinski definition) is 1. The van der Waals surface area contributed by atoms with Crippen LogP contribution in [0.1, 0.15) is 29.5 Å². The van der Waals surface area contributed by atoms with Crippen molar-refractivity contribution >= 4 is 0 Å². The first-order valence-corrected chi connectivity index (χ1v) is 7.23. The minimum Gasteiger partial charge on any atom is -0.310 e. The largest absolute Gasteiger partial charge is 0.310 e. The van der Waals surface area contributed by atoms with E-state index in [1.165, 1.54) is 24.0 Å². The smallest absolute Gasteiger partial charge is 0.128 e. The van der Waals surface area contributed by atoms with E-state index in [-0.39, 0.29) is 5.82 Å². The van der Waals surface area contributed by atoms with E-state index in [2.05, 4.69) is 31.3 Å². The third kappa shape index (κ3) is 2.75. The van der Waals surface area contributed by atoms with Crippen LogP contribution in [-0.4, -0.2) is 6.04 Å². The van der Waals surface area contributed by atoms with Gasteiger partial charge in [-0.3, -0.25) is 0 Å². The van der Waals surface area contributed by atoms with Crippen LogP contribution in [0.25, 0.3) is 11.1 Å². The second kappa shape index (κ2) is 5.37. The molecule has 2 aromatic carbocycles. The van der Waals surface area contributed by atoms with Gasteiger partial charge in [0.15, 0.2) is 0 Å². The van der Waals surface area contributed by atoms with E-state index >= 15 is 0 Å². The Labute approximate surface area is 119 Å². The van der Waals surface area contributed by atoms with Crippen molar-refractivity contribution in [1.82, 2.24) is 5.32 Å². The summed E-state index contributed by atoms with van der Waals surface area (Å²) in [5.41, 5.74) is 5.29. The molecular weight excluding hydrogens is 249 g/mol. The number of halogens is 1. The lowest BCUT2D eigenvalue weighted by Gasteiger charge is -2.11. The highest BCUT2D eigenvalue weighted by atomic mass is 19.1. The summed E-state index contributed by atoms with van der Waals surface area (Å²) in [6.07, 6.45) is 2.45. The van der Waals surface area contributed by atoms with Crippen molar-refractivity contribution in [3.8, 4) is 11.1 Å². The molecule has 0 aromatic heterocycles. The molecule has 0 spiro atoms. The molecule has 0 bridgehead atoms. The number of aryl methyl sites for hydroxylation is 1. The van der Waals surface area contributed by atoms with E-state index in [1.807, 2.05) is 18.2 Å². The standard InChI is InChI=1S/C18H20FN/c1-12-4-3-5-17(13(12)2)14-6-7-15(18(19)10-14)11-20-16-8-9-16/h3-7,10,16,20H,8-9,11H2,1-2H3. The molecule has 1 N–H and O–H groups in total. The SMILES string of the molecule is Cc1cccc(-c2ccc(CNC3CC3)c(F)c2)c1C. The van der Waals surface area contributed by atoms with Crippen molar-refractivity contribution in [3.63, 3.8) is 0 Å². The summed E-state index contributed by atoms with van der Waals surface area (Å²) < 4.78 is 14.2. The van der Waals surface area contributed by atoms with Gasteiger partial charge in [-0.1, -0.05) is 30.3 Å². The van der Waals surface area contributed by atoms with Gasteiger partial charge in [-0.15, -0.1) is 0 Å². The molecule has 0 radical (unpaired) electrons. The molecule has 1 saturated carbocycles. The second-order valence-corrected chi connectivity index (χ2v) is 5.71. The molecule has 0 aliphatic heterocycles. The van der Waals surface area contributed by atoms with Gasteiger partial charge >= 0.3 is 0 Å². The first kappa shape index (κ1) is 13.3. The molecule has 1 nitrogen and oxygen atoms in total. The van der Waals surface area contributed by atoms with Crippen LogP contribution in [-0.2, 0) is 6.54 Å². The molecule has 3 rings (SSSR count). The van der Waals surface area contributed by atoms with E-state index in [9.17, 15) is 4.39 Å². The van der Waals surface area contributed by atoms with E-state index in [0.717, 1.165) is 16.7 Å². The lowest BCUT2D eigenvalue weighted by molar-refractivity contribution is 0.587. The summed E-state index contributed by atoms with van der Waals surface area (Å²) in [5, 5.41) is 3.35. The van der Waals surface area contributed by atoms with Crippen molar-refractivity contribution in [2.24, 2.45) is 0 Å². The molecule has 1 aliphatic carbocycles. The minimum atomic E-state index is -0.114. The molecule has 2 aromatic rings. The zero-order valence-electron chi connectivity index (χ0n) is 12.0. The van der Waals surface area contributed by atoms with Gasteiger partial charge in [0.05, 0.1) is 0 Å². The third-order valence-corrected chi connectivity index (χ3v) is 4.13. The molecule has 0 unspecified atom stereocenters. The van der Waals surface area contributed by atoms with Crippen molar-refractivity contribution in [1.29, 1.82) is 0 Å². The minimum absolute atomic E-state index is 0.114. The Hall–Kier alpha value is -1.67. The molecule has 0 saturated heterocycles. The number of benzene rings is 2. The Morgan fingerprint density at radius 2 is 1.95 bits per heavy atom. The predicted molar refractivity (Wildman–Crippen MR) is 81.2 cm³/mol. The van der Waals surface area contributed by atoms with E-state index in [4.69, 9.17) is 0 Å². The van der Waals surface area contributed by atoms with Crippen LogP contribution >= 0.6 is 0 Å². The summed E-state index contributed by atoms with van der Waals surface area (Å²) in [4.78, 5) is 0. The summed E-state index contributed by atoms with van der Waals surface area (Å²) in [5.74, 6) is -0.114. The van der Waals surface area contributed by atoms with Gasteiger partial charge < -0.3 is 5.32 Å². The predicted octanol–water partition coefficient (Wildman–Crippen LogP) is 4.36. The van der Waals surface area contributed by atoms with Gasteiger partial charge in [-0.05, 0) is 55.0 Å². The maximum Gasteiger partial charge on any atom is 0.128 e. The monoisotopic (exact) mass is 269 g/mol. The lowest BCUT2D eigenvalue weighted by Crippen LogP contribution is -2.16. The van der Waals surface area contributed by atoms with Crippen LogP contribution in [0, 0.1) is 19.7 Å². The number of rotatable bonds is 4. The van der Waals surface area contributed by atoms with E-state index < -0.39 is 0 Å². The van der Waals surface area contributed by atoms with Crippen molar-refractivity contribution in [2.75, 3.05) is 0 Å². The summed E-state index contributed by atoms with van der Waals surface area (Å²) >= 11 is 0. The fourth-order valence-electron chi connectivity index (χ4n) is 2.46. The topological polar surface area (TPSA) is 12.0 Å². The van der Waals surface area contributed by atoms with Crippen molar-refractivity contribution < 1.29 is 4.39 Å². The molecule has 1 aliphatic rings. The van der Waals surface area contributed by atoms with Crippen LogP contribution in [0.5, 0.6) is 0 Å². The molecule has 20 heavy (non-hydrogen) atoms. The maximum atomic E-state index is 14.2. The lowest BCUT2D eigenvalue weighted by atomic mass is 9.96. The van der Waals surface area contributed by atoms with Gasteiger partial charge in [-0.2, -0.15) is 0 Å².